The molecular formula is C22H19F4NO4S. The Balaban J connectivity index is 2.04. The summed E-state index contributed by atoms with van der Waals surface area (Å²) in [5.74, 6) is -5.25. The van der Waals surface area contributed by atoms with E-state index in [0.717, 1.165) is 28.6 Å². The topological polar surface area (TPSA) is 63.7 Å². The highest BCUT2D eigenvalue weighted by Crippen LogP contribution is 2.25. The van der Waals surface area contributed by atoms with E-state index in [1.807, 2.05) is 0 Å². The van der Waals surface area contributed by atoms with Crippen LogP contribution in [0, 0.1) is 23.3 Å². The molecule has 170 valence electrons. The highest BCUT2D eigenvalue weighted by atomic mass is 32.2. The Labute approximate surface area is 182 Å². The van der Waals surface area contributed by atoms with Crippen LogP contribution in [0.4, 0.5) is 17.6 Å². The second-order valence-corrected chi connectivity index (χ2v) is 9.18. The Morgan fingerprint density at radius 2 is 1.34 bits per heavy atom. The number of ketones is 1. The predicted octanol–water partition coefficient (Wildman–Crippen LogP) is 3.57. The molecule has 0 atom stereocenters. The fourth-order valence-electron chi connectivity index (χ4n) is 3.13. The van der Waals surface area contributed by atoms with Crippen molar-refractivity contribution in [1.29, 1.82) is 0 Å². The Bertz CT molecular complexity index is 1130. The van der Waals surface area contributed by atoms with Crippen LogP contribution in [0.2, 0.25) is 0 Å². The lowest BCUT2D eigenvalue weighted by Crippen LogP contribution is -2.43. The van der Waals surface area contributed by atoms with E-state index >= 15 is 0 Å². The first kappa shape index (κ1) is 23.8. The molecule has 3 rings (SSSR count). The molecule has 0 radical (unpaired) electrons. The van der Waals surface area contributed by atoms with Gasteiger partial charge < -0.3 is 4.74 Å². The molecule has 2 aromatic rings. The number of nitrogens with zero attached hydrogens (tertiary/aromatic N) is 1. The van der Waals surface area contributed by atoms with Gasteiger partial charge >= 0.3 is 0 Å². The molecule has 0 N–H and O–H groups in total. The van der Waals surface area contributed by atoms with Gasteiger partial charge in [0.15, 0.2) is 29.1 Å². The average molecular weight is 469 g/mol. The number of methoxy groups -OCH3 is 1. The van der Waals surface area contributed by atoms with Gasteiger partial charge in [-0.25, -0.2) is 26.0 Å². The van der Waals surface area contributed by atoms with Crippen molar-refractivity contribution in [2.24, 2.45) is 0 Å². The van der Waals surface area contributed by atoms with Gasteiger partial charge in [-0.1, -0.05) is 12.1 Å². The first-order valence-electron chi connectivity index (χ1n) is 9.43. The predicted molar refractivity (Wildman–Crippen MR) is 111 cm³/mol. The molecular weight excluding hydrogens is 450 g/mol. The molecule has 1 saturated heterocycles. The van der Waals surface area contributed by atoms with E-state index in [2.05, 4.69) is 0 Å². The number of carbonyl (C=O) groups excluding carboxylic acids is 1. The zero-order valence-corrected chi connectivity index (χ0v) is 17.8. The maximum Gasteiger partial charge on any atom is 0.216 e. The lowest BCUT2D eigenvalue weighted by molar-refractivity contribution is -0.113. The van der Waals surface area contributed by atoms with Crippen molar-refractivity contribution in [3.05, 3.63) is 81.9 Å². The van der Waals surface area contributed by atoms with Crippen LogP contribution in [0.1, 0.15) is 11.1 Å². The molecule has 5 nitrogen and oxygen atoms in total. The van der Waals surface area contributed by atoms with Crippen LogP contribution in [0.15, 0.2) is 47.5 Å². The molecule has 1 heterocycles. The Hall–Kier alpha value is -2.82. The minimum Gasteiger partial charge on any atom is -0.384 e. The quantitative estimate of drug-likeness (QED) is 0.480. The molecule has 1 fully saturated rings. The third-order valence-electron chi connectivity index (χ3n) is 4.78. The zero-order chi connectivity index (χ0) is 23.5. The highest BCUT2D eigenvalue weighted by molar-refractivity contribution is 7.89. The largest absolute Gasteiger partial charge is 0.384 e. The lowest BCUT2D eigenvalue weighted by atomic mass is 9.95. The number of sulfonamides is 1. The molecule has 0 spiro atoms. The first-order chi connectivity index (χ1) is 15.1. The van der Waals surface area contributed by atoms with E-state index in [9.17, 15) is 30.8 Å². The van der Waals surface area contributed by atoms with Crippen LogP contribution >= 0.6 is 0 Å². The second kappa shape index (κ2) is 9.76. The first-order valence-corrected chi connectivity index (χ1v) is 11.0. The van der Waals surface area contributed by atoms with E-state index in [4.69, 9.17) is 4.74 Å². The van der Waals surface area contributed by atoms with Crippen molar-refractivity contribution >= 4 is 28.0 Å². The number of benzene rings is 2. The van der Waals surface area contributed by atoms with Gasteiger partial charge in [0.25, 0.3) is 0 Å². The summed E-state index contributed by atoms with van der Waals surface area (Å²) in [7, 11) is -2.50. The van der Waals surface area contributed by atoms with Gasteiger partial charge in [-0.2, -0.15) is 4.31 Å². The maximum absolute atomic E-state index is 13.6. The molecule has 32 heavy (non-hydrogen) atoms. The average Bonchev–Trinajstić information content (AvgIpc) is 2.74. The van der Waals surface area contributed by atoms with Crippen molar-refractivity contribution in [1.82, 2.24) is 4.31 Å². The van der Waals surface area contributed by atoms with Crippen LogP contribution in [0.5, 0.6) is 0 Å². The molecule has 0 unspecified atom stereocenters. The highest BCUT2D eigenvalue weighted by Gasteiger charge is 2.33. The van der Waals surface area contributed by atoms with E-state index in [-0.39, 0.29) is 47.7 Å². The van der Waals surface area contributed by atoms with Gasteiger partial charge in [-0.15, -0.1) is 0 Å². The molecule has 1 aliphatic heterocycles. The number of rotatable bonds is 6. The molecule has 0 aliphatic carbocycles. The molecule has 0 amide bonds. The minimum atomic E-state index is -3.84. The molecule has 2 aromatic carbocycles. The van der Waals surface area contributed by atoms with E-state index in [0.29, 0.717) is 0 Å². The summed E-state index contributed by atoms with van der Waals surface area (Å²) >= 11 is 0. The molecule has 0 aromatic heterocycles. The fraction of sp³-hybridized carbons (Fsp3) is 0.227. The lowest BCUT2D eigenvalue weighted by Gasteiger charge is -2.29. The van der Waals surface area contributed by atoms with Crippen molar-refractivity contribution in [2.75, 3.05) is 32.6 Å². The van der Waals surface area contributed by atoms with Gasteiger partial charge in [-0.05, 0) is 47.5 Å². The number of Topliss-reactive ketones (excluding diaryl/α,β-unsaturated/α-hetero) is 1. The van der Waals surface area contributed by atoms with Crippen LogP contribution in [0.3, 0.4) is 0 Å². The third-order valence-corrected chi connectivity index (χ3v) is 6.51. The summed E-state index contributed by atoms with van der Waals surface area (Å²) in [6, 6.07) is 6.03. The summed E-state index contributed by atoms with van der Waals surface area (Å²) in [6.07, 6.45) is 2.53. The third kappa shape index (κ3) is 5.50. The van der Waals surface area contributed by atoms with E-state index in [1.54, 1.807) is 0 Å². The molecule has 1 aliphatic rings. The van der Waals surface area contributed by atoms with Crippen LogP contribution in [-0.2, 0) is 19.6 Å². The smallest absolute Gasteiger partial charge is 0.216 e. The Morgan fingerprint density at radius 1 is 0.875 bits per heavy atom. The standard InChI is InChI=1S/C22H19F4NO4S/c1-31-6-7-32(29,30)27-12-16(8-14-2-4-18(23)20(25)10-14)22(28)17(13-27)9-15-3-5-19(24)21(26)11-15/h2-5,8-11H,6-7,12-13H2,1H3. The maximum atomic E-state index is 13.6. The fourth-order valence-corrected chi connectivity index (χ4v) is 4.44. The monoisotopic (exact) mass is 469 g/mol. The summed E-state index contributed by atoms with van der Waals surface area (Å²) in [6.45, 7) is -0.658. The number of halogens is 4. The molecule has 0 saturated carbocycles. The van der Waals surface area contributed by atoms with Gasteiger partial charge in [0.2, 0.25) is 10.0 Å². The van der Waals surface area contributed by atoms with Gasteiger partial charge in [0.05, 0.1) is 12.4 Å². The van der Waals surface area contributed by atoms with Crippen molar-refractivity contribution in [3.8, 4) is 0 Å². The van der Waals surface area contributed by atoms with Gasteiger partial charge in [-0.3, -0.25) is 4.79 Å². The SMILES string of the molecule is COCCS(=O)(=O)N1CC(=Cc2ccc(F)c(F)c2)C(=O)C(=Cc2ccc(F)c(F)c2)C1. The molecule has 0 bridgehead atoms. The van der Waals surface area contributed by atoms with Crippen LogP contribution in [0.25, 0.3) is 12.2 Å². The molecule has 10 heteroatoms. The number of ether oxygens (including phenoxy) is 1. The summed E-state index contributed by atoms with van der Waals surface area (Å²) in [4.78, 5) is 13.0. The number of hydrogen-bond donors (Lipinski definition) is 0. The van der Waals surface area contributed by atoms with Crippen LogP contribution < -0.4 is 0 Å². The summed E-state index contributed by atoms with van der Waals surface area (Å²) in [5.41, 5.74) is 0.347. The number of hydrogen-bond acceptors (Lipinski definition) is 4. The van der Waals surface area contributed by atoms with Crippen molar-refractivity contribution in [3.63, 3.8) is 0 Å². The van der Waals surface area contributed by atoms with Gasteiger partial charge in [0, 0.05) is 31.3 Å². The Morgan fingerprint density at radius 3 is 1.75 bits per heavy atom. The van der Waals surface area contributed by atoms with Crippen molar-refractivity contribution in [2.45, 2.75) is 0 Å². The normalized spacial score (nSPS) is 18.0. The number of carbonyl (C=O) groups is 1. The van der Waals surface area contributed by atoms with E-state index < -0.39 is 39.1 Å². The summed E-state index contributed by atoms with van der Waals surface area (Å²) < 4.78 is 84.9. The minimum absolute atomic E-state index is 0.0112. The Kier molecular flexibility index (Phi) is 7.27. The van der Waals surface area contributed by atoms with Crippen LogP contribution in [-0.4, -0.2) is 51.1 Å². The zero-order valence-electron chi connectivity index (χ0n) is 16.9. The van der Waals surface area contributed by atoms with Crippen molar-refractivity contribution < 1.29 is 35.5 Å². The second-order valence-electron chi connectivity index (χ2n) is 7.09. The number of piperidine rings is 1. The summed E-state index contributed by atoms with van der Waals surface area (Å²) in [5, 5.41) is 0. The van der Waals surface area contributed by atoms with E-state index in [1.165, 1.54) is 31.4 Å². The van der Waals surface area contributed by atoms with Gasteiger partial charge in [0.1, 0.15) is 0 Å².